The molecule has 1 aromatic carbocycles. The van der Waals surface area contributed by atoms with E-state index < -0.39 is 10.0 Å². The maximum atomic E-state index is 10.7. The standard InChI is InChI=1S/C10H14BrNO3S/c1-8-3-4-10(9(11)7-8)15-5-2-6-16(12,13)14/h3-4,7H,2,5-6H2,1H3,(H2,12,13,14). The molecule has 0 heterocycles. The summed E-state index contributed by atoms with van der Waals surface area (Å²) in [5.41, 5.74) is 1.13. The van der Waals surface area contributed by atoms with E-state index in [9.17, 15) is 8.42 Å². The zero-order valence-electron chi connectivity index (χ0n) is 8.94. The highest BCUT2D eigenvalue weighted by Crippen LogP contribution is 2.25. The first-order chi connectivity index (χ1) is 7.38. The minimum atomic E-state index is -3.39. The molecule has 0 unspecified atom stereocenters. The highest BCUT2D eigenvalue weighted by Gasteiger charge is 2.04. The summed E-state index contributed by atoms with van der Waals surface area (Å²) in [5.74, 6) is 0.649. The van der Waals surface area contributed by atoms with Gasteiger partial charge in [-0.15, -0.1) is 0 Å². The van der Waals surface area contributed by atoms with Crippen LogP contribution in [-0.4, -0.2) is 20.8 Å². The summed E-state index contributed by atoms with van der Waals surface area (Å²) >= 11 is 3.37. The molecule has 6 heteroatoms. The van der Waals surface area contributed by atoms with Crippen LogP contribution in [0.15, 0.2) is 22.7 Å². The number of sulfonamides is 1. The van der Waals surface area contributed by atoms with Gasteiger partial charge in [0.25, 0.3) is 0 Å². The lowest BCUT2D eigenvalue weighted by molar-refractivity contribution is 0.315. The van der Waals surface area contributed by atoms with E-state index in [0.717, 1.165) is 10.0 Å². The minimum Gasteiger partial charge on any atom is -0.492 e. The van der Waals surface area contributed by atoms with Gasteiger partial charge in [-0.1, -0.05) is 6.07 Å². The van der Waals surface area contributed by atoms with Crippen molar-refractivity contribution in [1.29, 1.82) is 0 Å². The van der Waals surface area contributed by atoms with Crippen LogP contribution in [0.2, 0.25) is 0 Å². The minimum absolute atomic E-state index is 0.0590. The molecule has 0 fully saturated rings. The second-order valence-corrected chi connectivity index (χ2v) is 6.09. The van der Waals surface area contributed by atoms with Gasteiger partial charge >= 0.3 is 0 Å². The van der Waals surface area contributed by atoms with Crippen molar-refractivity contribution in [2.45, 2.75) is 13.3 Å². The van der Waals surface area contributed by atoms with Crippen molar-refractivity contribution in [3.63, 3.8) is 0 Å². The van der Waals surface area contributed by atoms with Crippen molar-refractivity contribution < 1.29 is 13.2 Å². The van der Waals surface area contributed by atoms with Gasteiger partial charge in [0.05, 0.1) is 16.8 Å². The summed E-state index contributed by atoms with van der Waals surface area (Å²) in [6.07, 6.45) is 0.388. The molecule has 2 N–H and O–H groups in total. The number of ether oxygens (including phenoxy) is 1. The fraction of sp³-hybridized carbons (Fsp3) is 0.400. The van der Waals surface area contributed by atoms with E-state index in [1.165, 1.54) is 0 Å². The lowest BCUT2D eigenvalue weighted by atomic mass is 10.2. The van der Waals surface area contributed by atoms with E-state index in [4.69, 9.17) is 9.88 Å². The number of halogens is 1. The fourth-order valence-corrected chi connectivity index (χ4v) is 2.29. The highest BCUT2D eigenvalue weighted by atomic mass is 79.9. The Bertz CT molecular complexity index is 459. The zero-order chi connectivity index (χ0) is 12.2. The summed E-state index contributed by atoms with van der Waals surface area (Å²) in [6.45, 7) is 2.31. The smallest absolute Gasteiger partial charge is 0.209 e. The lowest BCUT2D eigenvalue weighted by Crippen LogP contribution is -2.18. The van der Waals surface area contributed by atoms with Crippen LogP contribution in [-0.2, 0) is 10.0 Å². The molecule has 1 rings (SSSR count). The van der Waals surface area contributed by atoms with Crippen LogP contribution in [0.5, 0.6) is 5.75 Å². The Balaban J connectivity index is 2.43. The summed E-state index contributed by atoms with van der Waals surface area (Å²) in [5, 5.41) is 4.87. The van der Waals surface area contributed by atoms with E-state index in [0.29, 0.717) is 18.8 Å². The van der Waals surface area contributed by atoms with Crippen molar-refractivity contribution in [2.24, 2.45) is 5.14 Å². The number of aryl methyl sites for hydroxylation is 1. The van der Waals surface area contributed by atoms with Gasteiger partial charge < -0.3 is 4.74 Å². The quantitative estimate of drug-likeness (QED) is 0.844. The monoisotopic (exact) mass is 307 g/mol. The van der Waals surface area contributed by atoms with E-state index in [-0.39, 0.29) is 5.75 Å². The average Bonchev–Trinajstić information content (AvgIpc) is 2.13. The molecule has 0 radical (unpaired) electrons. The topological polar surface area (TPSA) is 69.4 Å². The fourth-order valence-electron chi connectivity index (χ4n) is 1.17. The van der Waals surface area contributed by atoms with Crippen LogP contribution >= 0.6 is 15.9 Å². The first-order valence-corrected chi connectivity index (χ1v) is 7.29. The van der Waals surface area contributed by atoms with Crippen LogP contribution in [0.4, 0.5) is 0 Å². The lowest BCUT2D eigenvalue weighted by Gasteiger charge is -2.08. The normalized spacial score (nSPS) is 11.4. The molecule has 0 aliphatic carbocycles. The molecule has 0 spiro atoms. The molecule has 16 heavy (non-hydrogen) atoms. The van der Waals surface area contributed by atoms with Crippen LogP contribution in [0.25, 0.3) is 0 Å². The van der Waals surface area contributed by atoms with E-state index >= 15 is 0 Å². The van der Waals surface area contributed by atoms with E-state index in [1.807, 2.05) is 25.1 Å². The van der Waals surface area contributed by atoms with Gasteiger partial charge in [-0.25, -0.2) is 13.6 Å². The molecule has 0 aliphatic heterocycles. The Labute approximate surface area is 104 Å². The number of primary sulfonamides is 1. The van der Waals surface area contributed by atoms with Gasteiger partial charge in [-0.2, -0.15) is 0 Å². The van der Waals surface area contributed by atoms with E-state index in [2.05, 4.69) is 15.9 Å². The molecule has 0 aliphatic rings. The van der Waals surface area contributed by atoms with E-state index in [1.54, 1.807) is 0 Å². The third-order valence-electron chi connectivity index (χ3n) is 1.92. The van der Waals surface area contributed by atoms with Gasteiger partial charge in [-0.3, -0.25) is 0 Å². The molecule has 90 valence electrons. The molecule has 0 bridgehead atoms. The number of rotatable bonds is 5. The van der Waals surface area contributed by atoms with Crippen LogP contribution < -0.4 is 9.88 Å². The Kier molecular flexibility index (Phi) is 4.76. The molecule has 0 atom stereocenters. The summed E-state index contributed by atoms with van der Waals surface area (Å²) in [4.78, 5) is 0. The second-order valence-electron chi connectivity index (χ2n) is 3.50. The molecule has 1 aromatic rings. The Hall–Kier alpha value is -0.590. The Morgan fingerprint density at radius 3 is 2.69 bits per heavy atom. The molecular formula is C10H14BrNO3S. The SMILES string of the molecule is Cc1ccc(OCCCS(N)(=O)=O)c(Br)c1. The number of benzene rings is 1. The van der Waals surface area contributed by atoms with Crippen molar-refractivity contribution in [2.75, 3.05) is 12.4 Å². The average molecular weight is 308 g/mol. The molecular weight excluding hydrogens is 294 g/mol. The predicted molar refractivity (Wildman–Crippen MR) is 67.0 cm³/mol. The van der Waals surface area contributed by atoms with Crippen LogP contribution in [0.1, 0.15) is 12.0 Å². The van der Waals surface area contributed by atoms with Crippen LogP contribution in [0, 0.1) is 6.92 Å². The van der Waals surface area contributed by atoms with Gasteiger partial charge in [-0.05, 0) is 47.0 Å². The molecule has 4 nitrogen and oxygen atoms in total. The summed E-state index contributed by atoms with van der Waals surface area (Å²) < 4.78 is 27.6. The third kappa shape index (κ3) is 4.96. The maximum absolute atomic E-state index is 10.7. The Morgan fingerprint density at radius 1 is 1.44 bits per heavy atom. The predicted octanol–water partition coefficient (Wildman–Crippen LogP) is 1.81. The van der Waals surface area contributed by atoms with Crippen molar-refractivity contribution >= 4 is 26.0 Å². The molecule has 0 saturated carbocycles. The Morgan fingerprint density at radius 2 is 2.12 bits per heavy atom. The first kappa shape index (κ1) is 13.5. The largest absolute Gasteiger partial charge is 0.492 e. The number of hydrogen-bond acceptors (Lipinski definition) is 3. The second kappa shape index (κ2) is 5.65. The number of hydrogen-bond donors (Lipinski definition) is 1. The van der Waals surface area contributed by atoms with Gasteiger partial charge in [0.2, 0.25) is 10.0 Å². The number of nitrogens with two attached hydrogens (primary N) is 1. The summed E-state index contributed by atoms with van der Waals surface area (Å²) in [6, 6.07) is 5.71. The van der Waals surface area contributed by atoms with Gasteiger partial charge in [0, 0.05) is 0 Å². The maximum Gasteiger partial charge on any atom is 0.209 e. The van der Waals surface area contributed by atoms with Gasteiger partial charge in [0.1, 0.15) is 5.75 Å². The highest BCUT2D eigenvalue weighted by molar-refractivity contribution is 9.10. The third-order valence-corrected chi connectivity index (χ3v) is 3.40. The van der Waals surface area contributed by atoms with Crippen molar-refractivity contribution in [1.82, 2.24) is 0 Å². The van der Waals surface area contributed by atoms with Crippen molar-refractivity contribution in [3.8, 4) is 5.75 Å². The molecule has 0 amide bonds. The zero-order valence-corrected chi connectivity index (χ0v) is 11.3. The first-order valence-electron chi connectivity index (χ1n) is 4.78. The molecule has 0 aromatic heterocycles. The van der Waals surface area contributed by atoms with Gasteiger partial charge in [0.15, 0.2) is 0 Å². The summed E-state index contributed by atoms with van der Waals surface area (Å²) in [7, 11) is -3.39. The van der Waals surface area contributed by atoms with Crippen LogP contribution in [0.3, 0.4) is 0 Å². The molecule has 0 saturated heterocycles. The van der Waals surface area contributed by atoms with Crippen molar-refractivity contribution in [3.05, 3.63) is 28.2 Å².